The zero-order valence-corrected chi connectivity index (χ0v) is 16.6. The number of nitrogens with zero attached hydrogens (tertiary/aromatic N) is 1. The molecule has 3 heteroatoms. The van der Waals surface area contributed by atoms with Crippen LogP contribution in [-0.4, -0.2) is 0 Å². The molecule has 0 N–H and O–H groups in total. The molecule has 1 nitrogen and oxygen atoms in total. The van der Waals surface area contributed by atoms with E-state index in [1.165, 1.54) is 43.6 Å². The van der Waals surface area contributed by atoms with Crippen molar-refractivity contribution in [1.82, 2.24) is 0 Å². The lowest BCUT2D eigenvalue weighted by Crippen LogP contribution is -2.17. The van der Waals surface area contributed by atoms with Crippen molar-refractivity contribution in [2.75, 3.05) is 4.90 Å². The molecule has 0 saturated heterocycles. The Morgan fingerprint density at radius 1 is 0.889 bits per heavy atom. The van der Waals surface area contributed by atoms with Crippen molar-refractivity contribution in [3.63, 3.8) is 0 Å². The summed E-state index contributed by atoms with van der Waals surface area (Å²) in [5.74, 6) is 0. The quantitative estimate of drug-likeness (QED) is 0.307. The molecule has 5 rings (SSSR count). The summed E-state index contributed by atoms with van der Waals surface area (Å²) in [5, 5.41) is 0.759. The average Bonchev–Trinajstić information content (AvgIpc) is 2.87. The smallest absolute Gasteiger partial charge is 0.0601 e. The van der Waals surface area contributed by atoms with Crippen LogP contribution < -0.4 is 4.90 Å². The van der Waals surface area contributed by atoms with Gasteiger partial charge in [-0.3, -0.25) is 0 Å². The molecular weight excluding hydrogens is 370 g/mol. The van der Waals surface area contributed by atoms with Gasteiger partial charge in [0.2, 0.25) is 0 Å². The summed E-state index contributed by atoms with van der Waals surface area (Å²) in [6, 6.07) is 21.4. The van der Waals surface area contributed by atoms with E-state index in [-0.39, 0.29) is 0 Å². The molecule has 0 saturated carbocycles. The first kappa shape index (κ1) is 16.8. The normalized spacial score (nSPS) is 14.7. The molecule has 0 aromatic heterocycles. The van der Waals surface area contributed by atoms with Gasteiger partial charge in [-0.2, -0.15) is 0 Å². The largest absolute Gasteiger partial charge is 0.308 e. The van der Waals surface area contributed by atoms with E-state index < -0.39 is 0 Å². The second kappa shape index (κ2) is 6.65. The standard InChI is InChI=1S/C24H18ClNS/c1-16-10-12-17-14-18(25)15-22(19(17)13-11-16)26-20-6-2-4-8-23(20)27-24-9-5-3-7-21(24)26/h2-9,12,14-15H,11,13H2,1H3. The number of rotatable bonds is 1. The Kier molecular flexibility index (Phi) is 4.13. The first-order chi connectivity index (χ1) is 13.2. The Labute approximate surface area is 169 Å². The molecule has 0 bridgehead atoms. The number of halogens is 1. The lowest BCUT2D eigenvalue weighted by molar-refractivity contribution is 0.942. The number of anilines is 3. The van der Waals surface area contributed by atoms with Crippen molar-refractivity contribution < 1.29 is 0 Å². The minimum Gasteiger partial charge on any atom is -0.308 e. The second-order valence-corrected chi connectivity index (χ2v) is 8.45. The van der Waals surface area contributed by atoms with Gasteiger partial charge in [0.1, 0.15) is 0 Å². The van der Waals surface area contributed by atoms with Crippen LogP contribution in [0.15, 0.2) is 81.8 Å². The predicted octanol–water partition coefficient (Wildman–Crippen LogP) is 7.78. The van der Waals surface area contributed by atoms with E-state index in [0.717, 1.165) is 17.9 Å². The Morgan fingerprint density at radius 3 is 2.26 bits per heavy atom. The van der Waals surface area contributed by atoms with Crippen LogP contribution in [0.2, 0.25) is 5.02 Å². The van der Waals surface area contributed by atoms with Crippen molar-refractivity contribution in [3.05, 3.63) is 88.1 Å². The minimum absolute atomic E-state index is 0.759. The third-order valence-corrected chi connectivity index (χ3v) is 6.47. The van der Waals surface area contributed by atoms with Gasteiger partial charge in [-0.25, -0.2) is 0 Å². The zero-order valence-electron chi connectivity index (χ0n) is 15.0. The molecule has 0 amide bonds. The Balaban J connectivity index is 1.79. The fourth-order valence-corrected chi connectivity index (χ4v) is 5.07. The highest BCUT2D eigenvalue weighted by atomic mass is 35.5. The molecule has 0 unspecified atom stereocenters. The molecule has 1 heterocycles. The Hall–Kier alpha value is -2.38. The maximum absolute atomic E-state index is 6.56. The second-order valence-electron chi connectivity index (χ2n) is 6.93. The number of fused-ring (bicyclic) bond motifs is 3. The van der Waals surface area contributed by atoms with Gasteiger partial charge < -0.3 is 4.90 Å². The van der Waals surface area contributed by atoms with Crippen LogP contribution in [0.1, 0.15) is 24.5 Å². The summed E-state index contributed by atoms with van der Waals surface area (Å²) in [5.41, 5.74) is 10.8. The molecule has 132 valence electrons. The minimum atomic E-state index is 0.759. The fourth-order valence-electron chi connectivity index (χ4n) is 3.79. The monoisotopic (exact) mass is 387 g/mol. The van der Waals surface area contributed by atoms with Crippen LogP contribution in [0.3, 0.4) is 0 Å². The zero-order chi connectivity index (χ0) is 18.4. The van der Waals surface area contributed by atoms with Crippen LogP contribution in [0, 0.1) is 0 Å². The number of benzene rings is 3. The van der Waals surface area contributed by atoms with Crippen LogP contribution in [0.25, 0.3) is 6.08 Å². The van der Waals surface area contributed by atoms with Gasteiger partial charge in [-0.05, 0) is 78.9 Å². The summed E-state index contributed by atoms with van der Waals surface area (Å²) in [6.45, 7) is 2.14. The van der Waals surface area contributed by atoms with Gasteiger partial charge in [-0.1, -0.05) is 47.6 Å². The van der Waals surface area contributed by atoms with E-state index >= 15 is 0 Å². The molecule has 0 fully saturated rings. The maximum atomic E-state index is 6.56. The molecule has 1 aliphatic heterocycles. The van der Waals surface area contributed by atoms with Crippen LogP contribution in [-0.2, 0) is 6.42 Å². The van der Waals surface area contributed by atoms with E-state index in [9.17, 15) is 0 Å². The first-order valence-electron chi connectivity index (χ1n) is 9.11. The summed E-state index contributed by atoms with van der Waals surface area (Å²) >= 11 is 8.39. The van der Waals surface area contributed by atoms with Crippen molar-refractivity contribution in [2.45, 2.75) is 29.6 Å². The lowest BCUT2D eigenvalue weighted by atomic mass is 9.99. The summed E-state index contributed by atoms with van der Waals surface area (Å²) < 4.78 is 0. The highest BCUT2D eigenvalue weighted by molar-refractivity contribution is 7.99. The molecule has 0 atom stereocenters. The van der Waals surface area contributed by atoms with E-state index in [0.29, 0.717) is 0 Å². The van der Waals surface area contributed by atoms with Crippen LogP contribution >= 0.6 is 23.4 Å². The predicted molar refractivity (Wildman–Crippen MR) is 116 cm³/mol. The Bertz CT molecular complexity index is 1080. The van der Waals surface area contributed by atoms with Gasteiger partial charge in [0.05, 0.1) is 17.1 Å². The highest BCUT2D eigenvalue weighted by Crippen LogP contribution is 2.52. The van der Waals surface area contributed by atoms with Gasteiger partial charge in [-0.15, -0.1) is 5.73 Å². The van der Waals surface area contributed by atoms with Crippen molar-refractivity contribution >= 4 is 46.5 Å². The molecule has 3 aromatic rings. The highest BCUT2D eigenvalue weighted by Gasteiger charge is 2.27. The van der Waals surface area contributed by atoms with Crippen molar-refractivity contribution in [1.29, 1.82) is 0 Å². The average molecular weight is 388 g/mol. The number of allylic oxidation sites excluding steroid dienone is 1. The van der Waals surface area contributed by atoms with Gasteiger partial charge in [0, 0.05) is 14.8 Å². The summed E-state index contributed by atoms with van der Waals surface area (Å²) in [7, 11) is 0. The van der Waals surface area contributed by atoms with Gasteiger partial charge in [0.25, 0.3) is 0 Å². The first-order valence-corrected chi connectivity index (χ1v) is 10.3. The third kappa shape index (κ3) is 2.91. The molecule has 27 heavy (non-hydrogen) atoms. The molecule has 0 radical (unpaired) electrons. The fraction of sp³-hybridized carbons (Fsp3) is 0.125. The topological polar surface area (TPSA) is 3.24 Å². The number of hydrogen-bond acceptors (Lipinski definition) is 2. The van der Waals surface area contributed by atoms with Gasteiger partial charge >= 0.3 is 0 Å². The van der Waals surface area contributed by atoms with Crippen molar-refractivity contribution in [2.24, 2.45) is 0 Å². The summed E-state index contributed by atoms with van der Waals surface area (Å²) in [6.07, 6.45) is 4.10. The summed E-state index contributed by atoms with van der Waals surface area (Å²) in [4.78, 5) is 4.91. The number of para-hydroxylation sites is 2. The molecule has 2 aliphatic rings. The van der Waals surface area contributed by atoms with E-state index in [2.05, 4.69) is 84.3 Å². The van der Waals surface area contributed by atoms with E-state index in [1.54, 1.807) is 0 Å². The van der Waals surface area contributed by atoms with Crippen LogP contribution in [0.4, 0.5) is 17.1 Å². The van der Waals surface area contributed by atoms with Crippen LogP contribution in [0.5, 0.6) is 0 Å². The van der Waals surface area contributed by atoms with E-state index in [4.69, 9.17) is 11.6 Å². The lowest BCUT2D eigenvalue weighted by Gasteiger charge is -2.34. The molecule has 0 spiro atoms. The third-order valence-electron chi connectivity index (χ3n) is 5.12. The van der Waals surface area contributed by atoms with E-state index in [1.807, 2.05) is 11.8 Å². The number of hydrogen-bond donors (Lipinski definition) is 0. The molecular formula is C24H18ClNS. The van der Waals surface area contributed by atoms with Crippen molar-refractivity contribution in [3.8, 4) is 0 Å². The maximum Gasteiger partial charge on any atom is 0.0601 e. The SMILES string of the molecule is CC1=C=Cc2cc(Cl)cc(N3c4ccccc4Sc4ccccc43)c2CC1. The molecule has 3 aromatic carbocycles. The molecule has 1 aliphatic carbocycles. The Morgan fingerprint density at radius 2 is 1.56 bits per heavy atom. The van der Waals surface area contributed by atoms with Gasteiger partial charge in [0.15, 0.2) is 0 Å².